The largest absolute Gasteiger partial charge is 0.493 e. The first-order valence-corrected chi connectivity index (χ1v) is 7.47. The van der Waals surface area contributed by atoms with Crippen LogP contribution in [0.3, 0.4) is 0 Å². The second kappa shape index (κ2) is 8.29. The van der Waals surface area contributed by atoms with Crippen molar-refractivity contribution in [3.63, 3.8) is 0 Å². The molecular weight excluding hydrogens is 297 g/mol. The summed E-state index contributed by atoms with van der Waals surface area (Å²) in [7, 11) is 0. The van der Waals surface area contributed by atoms with Crippen molar-refractivity contribution in [3.05, 3.63) is 66.0 Å². The zero-order valence-corrected chi connectivity index (χ0v) is 12.9. The molecule has 0 saturated heterocycles. The van der Waals surface area contributed by atoms with Crippen molar-refractivity contribution in [2.75, 3.05) is 6.61 Å². The number of hydrogen-bond donors (Lipinski definition) is 2. The van der Waals surface area contributed by atoms with Gasteiger partial charge in [0.15, 0.2) is 0 Å². The van der Waals surface area contributed by atoms with Gasteiger partial charge in [-0.15, -0.1) is 0 Å². The lowest BCUT2D eigenvalue weighted by Crippen LogP contribution is -2.37. The van der Waals surface area contributed by atoms with Gasteiger partial charge in [0.25, 0.3) is 0 Å². The summed E-state index contributed by atoms with van der Waals surface area (Å²) >= 11 is 0. The minimum absolute atomic E-state index is 0.190. The number of rotatable bonds is 7. The van der Waals surface area contributed by atoms with Crippen molar-refractivity contribution in [3.8, 4) is 5.75 Å². The van der Waals surface area contributed by atoms with Crippen molar-refractivity contribution in [1.29, 1.82) is 0 Å². The molecule has 2 rings (SSSR count). The molecule has 0 spiro atoms. The Bertz CT molecular complexity index is 616. The lowest BCUT2D eigenvalue weighted by molar-refractivity contribution is -0.123. The number of benzene rings is 2. The number of carbonyl (C=O) groups excluding carboxylic acids is 1. The molecular formula is C18H20FNO3. The second-order valence-electron chi connectivity index (χ2n) is 5.26. The van der Waals surface area contributed by atoms with Gasteiger partial charge in [0, 0.05) is 0 Å². The van der Waals surface area contributed by atoms with Crippen LogP contribution in [0, 0.1) is 5.82 Å². The Labute approximate surface area is 134 Å². The van der Waals surface area contributed by atoms with Crippen LogP contribution in [0.5, 0.6) is 5.75 Å². The van der Waals surface area contributed by atoms with Crippen LogP contribution in [-0.4, -0.2) is 23.7 Å². The number of halogens is 1. The summed E-state index contributed by atoms with van der Waals surface area (Å²) in [6.45, 7) is 1.96. The third-order valence-electron chi connectivity index (χ3n) is 3.41. The number of hydrogen-bond acceptors (Lipinski definition) is 3. The highest BCUT2D eigenvalue weighted by atomic mass is 19.1. The van der Waals surface area contributed by atoms with Crippen molar-refractivity contribution >= 4 is 5.91 Å². The van der Waals surface area contributed by atoms with E-state index in [1.54, 1.807) is 6.92 Å². The van der Waals surface area contributed by atoms with Crippen molar-refractivity contribution in [2.24, 2.45) is 0 Å². The molecule has 0 unspecified atom stereocenters. The van der Waals surface area contributed by atoms with Gasteiger partial charge in [-0.1, -0.05) is 30.3 Å². The molecule has 0 fully saturated rings. The van der Waals surface area contributed by atoms with Crippen molar-refractivity contribution in [2.45, 2.75) is 25.5 Å². The standard InChI is InChI=1S/C18H20FNO3/c1-13(18(22)14-7-9-15(19)10-8-14)20-17(21)11-12-23-16-5-3-2-4-6-16/h2-10,13,18,22H,11-12H2,1H3,(H,20,21)/t13-,18-/m0/s1. The Morgan fingerprint density at radius 2 is 1.83 bits per heavy atom. The maximum Gasteiger partial charge on any atom is 0.223 e. The predicted octanol–water partition coefficient (Wildman–Crippen LogP) is 2.83. The molecule has 0 aliphatic heterocycles. The number of amides is 1. The number of ether oxygens (including phenoxy) is 1. The molecule has 0 aliphatic rings. The van der Waals surface area contributed by atoms with Gasteiger partial charge in [0.1, 0.15) is 11.6 Å². The molecule has 5 heteroatoms. The van der Waals surface area contributed by atoms with Crippen LogP contribution in [0.2, 0.25) is 0 Å². The summed E-state index contributed by atoms with van der Waals surface area (Å²) < 4.78 is 18.3. The molecule has 2 N–H and O–H groups in total. The van der Waals surface area contributed by atoms with Gasteiger partial charge in [-0.2, -0.15) is 0 Å². The van der Waals surface area contributed by atoms with Crippen LogP contribution in [0.4, 0.5) is 4.39 Å². The van der Waals surface area contributed by atoms with Gasteiger partial charge >= 0.3 is 0 Å². The predicted molar refractivity (Wildman–Crippen MR) is 85.5 cm³/mol. The van der Waals surface area contributed by atoms with Gasteiger partial charge in [-0.25, -0.2) is 4.39 Å². The Hall–Kier alpha value is -2.40. The Morgan fingerprint density at radius 1 is 1.17 bits per heavy atom. The summed E-state index contributed by atoms with van der Waals surface area (Å²) in [5.41, 5.74) is 0.555. The molecule has 1 amide bonds. The average molecular weight is 317 g/mol. The molecule has 0 radical (unpaired) electrons. The maximum atomic E-state index is 12.9. The summed E-state index contributed by atoms with van der Waals surface area (Å²) in [5, 5.41) is 12.9. The monoisotopic (exact) mass is 317 g/mol. The third kappa shape index (κ3) is 5.38. The van der Waals surface area contributed by atoms with Gasteiger partial charge in [0.2, 0.25) is 5.91 Å². The zero-order valence-electron chi connectivity index (χ0n) is 12.9. The molecule has 2 aromatic rings. The number of aliphatic hydroxyl groups excluding tert-OH is 1. The lowest BCUT2D eigenvalue weighted by Gasteiger charge is -2.20. The normalized spacial score (nSPS) is 13.2. The van der Waals surface area contributed by atoms with E-state index in [1.807, 2.05) is 30.3 Å². The second-order valence-corrected chi connectivity index (χ2v) is 5.26. The molecule has 0 heterocycles. The van der Waals surface area contributed by atoms with Gasteiger partial charge in [-0.3, -0.25) is 4.79 Å². The van der Waals surface area contributed by atoms with Crippen LogP contribution in [0.25, 0.3) is 0 Å². The van der Waals surface area contributed by atoms with Crippen LogP contribution < -0.4 is 10.1 Å². The number of para-hydroxylation sites is 1. The van der Waals surface area contributed by atoms with E-state index in [0.29, 0.717) is 11.3 Å². The molecule has 0 saturated carbocycles. The maximum absolute atomic E-state index is 12.9. The zero-order chi connectivity index (χ0) is 16.7. The highest BCUT2D eigenvalue weighted by molar-refractivity contribution is 5.76. The first kappa shape index (κ1) is 17.0. The first-order chi connectivity index (χ1) is 11.1. The molecule has 0 bridgehead atoms. The van der Waals surface area contributed by atoms with E-state index < -0.39 is 12.1 Å². The van der Waals surface area contributed by atoms with Crippen LogP contribution in [0.1, 0.15) is 25.0 Å². The lowest BCUT2D eigenvalue weighted by atomic mass is 10.0. The molecule has 23 heavy (non-hydrogen) atoms. The molecule has 0 aromatic heterocycles. The summed E-state index contributed by atoms with van der Waals surface area (Å²) in [6.07, 6.45) is -0.704. The fourth-order valence-corrected chi connectivity index (χ4v) is 2.13. The van der Waals surface area contributed by atoms with E-state index in [4.69, 9.17) is 4.74 Å². The van der Waals surface area contributed by atoms with Crippen LogP contribution >= 0.6 is 0 Å². The van der Waals surface area contributed by atoms with Gasteiger partial charge in [0.05, 0.1) is 25.2 Å². The minimum Gasteiger partial charge on any atom is -0.493 e. The average Bonchev–Trinajstić information content (AvgIpc) is 2.56. The highest BCUT2D eigenvalue weighted by Gasteiger charge is 2.18. The molecule has 2 aromatic carbocycles. The fourth-order valence-electron chi connectivity index (χ4n) is 2.13. The molecule has 0 aliphatic carbocycles. The summed E-state index contributed by atoms with van der Waals surface area (Å²) in [5.74, 6) is 0.130. The molecule has 2 atom stereocenters. The minimum atomic E-state index is -0.894. The molecule has 4 nitrogen and oxygen atoms in total. The number of nitrogens with one attached hydrogen (secondary N) is 1. The van der Waals surface area contributed by atoms with Crippen molar-refractivity contribution < 1.29 is 19.0 Å². The van der Waals surface area contributed by atoms with Crippen LogP contribution in [0.15, 0.2) is 54.6 Å². The van der Waals surface area contributed by atoms with E-state index in [9.17, 15) is 14.3 Å². The van der Waals surface area contributed by atoms with Gasteiger partial charge in [-0.05, 0) is 36.8 Å². The van der Waals surface area contributed by atoms with Crippen molar-refractivity contribution in [1.82, 2.24) is 5.32 Å². The quantitative estimate of drug-likeness (QED) is 0.825. The third-order valence-corrected chi connectivity index (χ3v) is 3.41. The van der Waals surface area contributed by atoms with E-state index in [-0.39, 0.29) is 24.8 Å². The highest BCUT2D eigenvalue weighted by Crippen LogP contribution is 2.17. The van der Waals surface area contributed by atoms with E-state index in [0.717, 1.165) is 0 Å². The Balaban J connectivity index is 1.76. The Morgan fingerprint density at radius 3 is 2.48 bits per heavy atom. The van der Waals surface area contributed by atoms with E-state index in [1.165, 1.54) is 24.3 Å². The Kier molecular flexibility index (Phi) is 6.11. The number of aliphatic hydroxyl groups is 1. The summed E-state index contributed by atoms with van der Waals surface area (Å²) in [4.78, 5) is 11.9. The topological polar surface area (TPSA) is 58.6 Å². The molecule has 122 valence electrons. The fraction of sp³-hybridized carbons (Fsp3) is 0.278. The van der Waals surface area contributed by atoms with E-state index in [2.05, 4.69) is 5.32 Å². The van der Waals surface area contributed by atoms with Gasteiger partial charge < -0.3 is 15.2 Å². The number of carbonyl (C=O) groups is 1. The first-order valence-electron chi connectivity index (χ1n) is 7.47. The SMILES string of the molecule is C[C@H](NC(=O)CCOc1ccccc1)[C@H](O)c1ccc(F)cc1. The van der Waals surface area contributed by atoms with Crippen LogP contribution in [-0.2, 0) is 4.79 Å². The van der Waals surface area contributed by atoms with E-state index >= 15 is 0 Å². The smallest absolute Gasteiger partial charge is 0.223 e. The summed E-state index contributed by atoms with van der Waals surface area (Å²) in [6, 6.07) is 14.3.